The fourth-order valence-electron chi connectivity index (χ4n) is 2.71. The van der Waals surface area contributed by atoms with Crippen molar-refractivity contribution in [1.29, 1.82) is 0 Å². The maximum Gasteiger partial charge on any atom is 0.238 e. The van der Waals surface area contributed by atoms with Gasteiger partial charge in [0.25, 0.3) is 0 Å². The summed E-state index contributed by atoms with van der Waals surface area (Å²) in [7, 11) is 1.58. The highest BCUT2D eigenvalue weighted by atomic mass is 16.5. The Bertz CT molecular complexity index is 984. The molecule has 2 N–H and O–H groups in total. The van der Waals surface area contributed by atoms with Crippen LogP contribution in [0.5, 0.6) is 17.2 Å². The van der Waals surface area contributed by atoms with Gasteiger partial charge in [0.15, 0.2) is 5.76 Å². The van der Waals surface area contributed by atoms with Crippen LogP contribution in [0.15, 0.2) is 39.5 Å². The molecule has 2 aromatic carbocycles. The first-order valence-corrected chi connectivity index (χ1v) is 6.78. The van der Waals surface area contributed by atoms with Crippen LogP contribution < -0.4 is 10.2 Å². The van der Waals surface area contributed by atoms with Crippen LogP contribution in [0.1, 0.15) is 11.1 Å². The molecule has 1 aliphatic rings. The molecule has 5 nitrogen and oxygen atoms in total. The summed E-state index contributed by atoms with van der Waals surface area (Å²) in [5, 5.41) is 19.9. The molecule has 0 unspecified atom stereocenters. The molecule has 4 rings (SSSR count). The lowest BCUT2D eigenvalue weighted by molar-refractivity contribution is 0.413. The van der Waals surface area contributed by atoms with E-state index < -0.39 is 11.2 Å². The Labute approximate surface area is 125 Å². The molecular formula is C17H12O5. The zero-order valence-corrected chi connectivity index (χ0v) is 11.7. The van der Waals surface area contributed by atoms with Gasteiger partial charge < -0.3 is 19.4 Å². The fraction of sp³-hybridized carbons (Fsp3) is 0.118. The number of benzene rings is 2. The molecule has 22 heavy (non-hydrogen) atoms. The van der Waals surface area contributed by atoms with E-state index in [4.69, 9.17) is 9.15 Å². The van der Waals surface area contributed by atoms with E-state index in [9.17, 15) is 15.0 Å². The van der Waals surface area contributed by atoms with E-state index in [1.54, 1.807) is 25.3 Å². The van der Waals surface area contributed by atoms with E-state index in [1.165, 1.54) is 6.07 Å². The van der Waals surface area contributed by atoms with Gasteiger partial charge in [0.05, 0.1) is 7.11 Å². The lowest BCUT2D eigenvalue weighted by Crippen LogP contribution is -2.02. The Morgan fingerprint density at radius 3 is 2.82 bits per heavy atom. The Morgan fingerprint density at radius 2 is 2.05 bits per heavy atom. The molecule has 0 amide bonds. The van der Waals surface area contributed by atoms with Crippen molar-refractivity contribution < 1.29 is 19.4 Å². The molecule has 5 heteroatoms. The number of ether oxygens (including phenoxy) is 1. The zero-order chi connectivity index (χ0) is 15.4. The minimum Gasteiger partial charge on any atom is -0.507 e. The monoisotopic (exact) mass is 296 g/mol. The summed E-state index contributed by atoms with van der Waals surface area (Å²) in [6.07, 6.45) is 0.836. The second kappa shape index (κ2) is 4.27. The molecule has 0 saturated carbocycles. The van der Waals surface area contributed by atoms with E-state index in [1.807, 2.05) is 6.07 Å². The van der Waals surface area contributed by atoms with Crippen LogP contribution in [0.4, 0.5) is 0 Å². The molecule has 0 radical (unpaired) electrons. The van der Waals surface area contributed by atoms with Crippen LogP contribution in [-0.4, -0.2) is 17.3 Å². The van der Waals surface area contributed by atoms with E-state index in [2.05, 4.69) is 0 Å². The van der Waals surface area contributed by atoms with Gasteiger partial charge in [-0.1, -0.05) is 6.07 Å². The number of phenols is 1. The molecule has 1 aliphatic carbocycles. The predicted octanol–water partition coefficient (Wildman–Crippen LogP) is 2.78. The van der Waals surface area contributed by atoms with Crippen molar-refractivity contribution >= 4 is 11.0 Å². The van der Waals surface area contributed by atoms with Crippen molar-refractivity contribution in [3.8, 4) is 28.6 Å². The van der Waals surface area contributed by atoms with Gasteiger partial charge in [0.1, 0.15) is 22.5 Å². The summed E-state index contributed by atoms with van der Waals surface area (Å²) in [6.45, 7) is 0. The largest absolute Gasteiger partial charge is 0.507 e. The standard InChI is InChI=1S/C17H12O5/c1-21-13-7-9(5-8-6-10(8)13)17-16(20)15(19)14-11(18)3-2-4-12(14)22-17/h2-5,7,18,20H,6H2,1H3. The summed E-state index contributed by atoms with van der Waals surface area (Å²) in [4.78, 5) is 12.3. The van der Waals surface area contributed by atoms with Crippen molar-refractivity contribution in [2.24, 2.45) is 0 Å². The topological polar surface area (TPSA) is 79.9 Å². The summed E-state index contributed by atoms with van der Waals surface area (Å²) in [5.41, 5.74) is 2.38. The van der Waals surface area contributed by atoms with Crippen LogP contribution in [0, 0.1) is 0 Å². The number of hydrogen-bond donors (Lipinski definition) is 2. The molecule has 110 valence electrons. The third-order valence-electron chi connectivity index (χ3n) is 3.90. The SMILES string of the molecule is COc1cc(-c2oc3cccc(O)c3c(=O)c2O)cc2c1C2. The average Bonchev–Trinajstić information content (AvgIpc) is 3.29. The van der Waals surface area contributed by atoms with Crippen molar-refractivity contribution in [2.75, 3.05) is 7.11 Å². The molecule has 0 saturated heterocycles. The highest BCUT2D eigenvalue weighted by molar-refractivity contribution is 5.87. The first-order chi connectivity index (χ1) is 10.6. The Kier molecular flexibility index (Phi) is 2.48. The third kappa shape index (κ3) is 1.69. The summed E-state index contributed by atoms with van der Waals surface area (Å²) in [5.74, 6) is 0.0596. The Hall–Kier alpha value is -2.95. The molecule has 3 aromatic rings. The second-order valence-corrected chi connectivity index (χ2v) is 5.25. The first kappa shape index (κ1) is 12.8. The summed E-state index contributed by atoms with van der Waals surface area (Å²) >= 11 is 0. The van der Waals surface area contributed by atoms with Crippen molar-refractivity contribution in [3.63, 3.8) is 0 Å². The number of methoxy groups -OCH3 is 1. The van der Waals surface area contributed by atoms with Gasteiger partial charge in [-0.3, -0.25) is 4.79 Å². The van der Waals surface area contributed by atoms with E-state index in [-0.39, 0.29) is 22.5 Å². The summed E-state index contributed by atoms with van der Waals surface area (Å²) in [6, 6.07) is 8.13. The minimum atomic E-state index is -0.654. The van der Waals surface area contributed by atoms with Crippen molar-refractivity contribution in [2.45, 2.75) is 6.42 Å². The van der Waals surface area contributed by atoms with Gasteiger partial charge in [0.2, 0.25) is 11.2 Å². The molecule has 0 bridgehead atoms. The van der Waals surface area contributed by atoms with Crippen LogP contribution in [-0.2, 0) is 6.42 Å². The predicted molar refractivity (Wildman–Crippen MR) is 80.6 cm³/mol. The van der Waals surface area contributed by atoms with Crippen LogP contribution in [0.25, 0.3) is 22.3 Å². The van der Waals surface area contributed by atoms with Crippen LogP contribution >= 0.6 is 0 Å². The van der Waals surface area contributed by atoms with Gasteiger partial charge in [0, 0.05) is 17.5 Å². The van der Waals surface area contributed by atoms with Gasteiger partial charge in [-0.2, -0.15) is 0 Å². The third-order valence-corrected chi connectivity index (χ3v) is 3.90. The maximum atomic E-state index is 12.3. The maximum absolute atomic E-state index is 12.3. The highest BCUT2D eigenvalue weighted by Gasteiger charge is 2.26. The van der Waals surface area contributed by atoms with Gasteiger partial charge in [-0.15, -0.1) is 0 Å². The average molecular weight is 296 g/mol. The van der Waals surface area contributed by atoms with Gasteiger partial charge in [-0.25, -0.2) is 0 Å². The minimum absolute atomic E-state index is 0.0255. The quantitative estimate of drug-likeness (QED) is 0.594. The molecule has 1 heterocycles. The smallest absolute Gasteiger partial charge is 0.238 e. The number of aromatic hydroxyl groups is 2. The van der Waals surface area contributed by atoms with Crippen molar-refractivity contribution in [1.82, 2.24) is 0 Å². The number of hydrogen-bond acceptors (Lipinski definition) is 5. The Balaban J connectivity index is 2.03. The molecular weight excluding hydrogens is 284 g/mol. The zero-order valence-electron chi connectivity index (χ0n) is 11.7. The lowest BCUT2D eigenvalue weighted by atomic mass is 10.1. The molecule has 0 fully saturated rings. The van der Waals surface area contributed by atoms with Gasteiger partial charge in [-0.05, 0) is 29.8 Å². The van der Waals surface area contributed by atoms with Crippen LogP contribution in [0.3, 0.4) is 0 Å². The summed E-state index contributed by atoms with van der Waals surface area (Å²) < 4.78 is 10.9. The normalized spacial score (nSPS) is 12.2. The molecule has 1 aromatic heterocycles. The fourth-order valence-corrected chi connectivity index (χ4v) is 2.71. The van der Waals surface area contributed by atoms with Gasteiger partial charge >= 0.3 is 0 Å². The van der Waals surface area contributed by atoms with Crippen LogP contribution in [0.2, 0.25) is 0 Å². The van der Waals surface area contributed by atoms with E-state index in [0.29, 0.717) is 11.3 Å². The number of phenolic OH excluding ortho intramolecular Hbond substituents is 1. The number of rotatable bonds is 2. The molecule has 0 aliphatic heterocycles. The first-order valence-electron chi connectivity index (χ1n) is 6.78. The highest BCUT2D eigenvalue weighted by Crippen LogP contribution is 2.42. The molecule has 0 atom stereocenters. The van der Waals surface area contributed by atoms with E-state index >= 15 is 0 Å². The lowest BCUT2D eigenvalue weighted by Gasteiger charge is -2.07. The second-order valence-electron chi connectivity index (χ2n) is 5.25. The molecule has 0 spiro atoms. The number of fused-ring (bicyclic) bond motifs is 2. The van der Waals surface area contributed by atoms with Crippen molar-refractivity contribution in [3.05, 3.63) is 51.7 Å². The van der Waals surface area contributed by atoms with E-state index in [0.717, 1.165) is 17.5 Å². The Morgan fingerprint density at radius 1 is 1.23 bits per heavy atom.